The molecule has 38 heavy (non-hydrogen) atoms. The predicted octanol–water partition coefficient (Wildman–Crippen LogP) is 11.5. The minimum absolute atomic E-state index is 0.199. The van der Waals surface area contributed by atoms with Gasteiger partial charge in [-0.15, -0.1) is 0 Å². The van der Waals surface area contributed by atoms with Crippen molar-refractivity contribution in [2.24, 2.45) is 21.7 Å². The molecular weight excluding hydrogens is 728 g/mol. The van der Waals surface area contributed by atoms with Crippen molar-refractivity contribution >= 4 is 75.9 Å². The van der Waals surface area contributed by atoms with Crippen molar-refractivity contribution in [1.82, 2.24) is 0 Å². The van der Waals surface area contributed by atoms with Gasteiger partial charge in [0.05, 0.1) is 17.9 Å². The number of halogens is 4. The van der Waals surface area contributed by atoms with Gasteiger partial charge in [-0.3, -0.25) is 0 Å². The molecule has 0 bridgehead atoms. The van der Waals surface area contributed by atoms with Gasteiger partial charge in [-0.05, 0) is 159 Å². The molecule has 0 heterocycles. The van der Waals surface area contributed by atoms with Crippen molar-refractivity contribution in [3.05, 3.63) is 40.2 Å². The molecule has 202 valence electrons. The molecule has 0 fully saturated rings. The molecule has 0 atom stereocenters. The Hall–Kier alpha value is -1.14. The second kappa shape index (κ2) is 13.5. The predicted molar refractivity (Wildman–Crippen MR) is 183 cm³/mol. The van der Waals surface area contributed by atoms with E-state index in [-0.39, 0.29) is 21.7 Å². The van der Waals surface area contributed by atoms with Crippen LogP contribution in [-0.2, 0) is 0 Å². The molecule has 1 aromatic rings. The van der Waals surface area contributed by atoms with Gasteiger partial charge in [0.2, 0.25) is 0 Å². The minimum atomic E-state index is -0.204. The summed E-state index contributed by atoms with van der Waals surface area (Å²) in [5.41, 5.74) is 4.31. The van der Waals surface area contributed by atoms with E-state index in [0.717, 1.165) is 40.2 Å². The van der Waals surface area contributed by atoms with E-state index in [9.17, 15) is 0 Å². The molecular formula is C34H38Br4. The van der Waals surface area contributed by atoms with Gasteiger partial charge in [0.1, 0.15) is 0 Å². The summed E-state index contributed by atoms with van der Waals surface area (Å²) in [6.07, 6.45) is 4.04. The molecule has 0 saturated heterocycles. The standard InChI is InChI=1S/C34H38Br4/c1-31(2,3)17-13-23-24(14-18-32(4,5)6)26(16-20-34(10,11)12)28(22-30(37)38)27(21-29(35)36)25(23)15-19-33(7,8)9/h21-22H,1-12H3. The van der Waals surface area contributed by atoms with Crippen LogP contribution in [0, 0.1) is 69.0 Å². The van der Waals surface area contributed by atoms with E-state index in [0.29, 0.717) is 0 Å². The van der Waals surface area contributed by atoms with Crippen LogP contribution < -0.4 is 0 Å². The number of hydrogen-bond donors (Lipinski definition) is 0. The van der Waals surface area contributed by atoms with Gasteiger partial charge >= 0.3 is 0 Å². The Bertz CT molecular complexity index is 1260. The summed E-state index contributed by atoms with van der Waals surface area (Å²) in [5.74, 6) is 27.8. The van der Waals surface area contributed by atoms with Crippen molar-refractivity contribution in [3.63, 3.8) is 0 Å². The topological polar surface area (TPSA) is 0 Å². The molecule has 1 aromatic carbocycles. The molecule has 0 aliphatic rings. The Balaban J connectivity index is 4.81. The summed E-state index contributed by atoms with van der Waals surface area (Å²) >= 11 is 14.4. The van der Waals surface area contributed by atoms with Crippen LogP contribution in [0.15, 0.2) is 6.78 Å². The zero-order valence-corrected chi connectivity index (χ0v) is 31.0. The fraction of sp³-hybridized carbons (Fsp3) is 0.471. The Morgan fingerprint density at radius 2 is 0.632 bits per heavy atom. The third-order valence-corrected chi connectivity index (χ3v) is 5.25. The van der Waals surface area contributed by atoms with E-state index in [1.165, 1.54) is 0 Å². The van der Waals surface area contributed by atoms with Crippen LogP contribution in [0.25, 0.3) is 12.2 Å². The number of rotatable bonds is 2. The Labute approximate surface area is 266 Å². The van der Waals surface area contributed by atoms with Crippen LogP contribution in [0.4, 0.5) is 0 Å². The summed E-state index contributed by atoms with van der Waals surface area (Å²) < 4.78 is 1.59. The first kappa shape index (κ1) is 34.9. The maximum absolute atomic E-state index is 3.59. The molecule has 0 spiro atoms. The molecule has 1 rings (SSSR count). The molecule has 0 unspecified atom stereocenters. The van der Waals surface area contributed by atoms with E-state index in [4.69, 9.17) is 0 Å². The highest BCUT2D eigenvalue weighted by molar-refractivity contribution is 9.28. The van der Waals surface area contributed by atoms with E-state index in [1.54, 1.807) is 0 Å². The number of hydrogen-bond acceptors (Lipinski definition) is 0. The highest BCUT2D eigenvalue weighted by Crippen LogP contribution is 2.35. The third kappa shape index (κ3) is 13.3. The minimum Gasteiger partial charge on any atom is -0.0919 e. The number of benzene rings is 1. The molecule has 0 radical (unpaired) electrons. The lowest BCUT2D eigenvalue weighted by atomic mass is 9.84. The van der Waals surface area contributed by atoms with Gasteiger partial charge in [0.15, 0.2) is 0 Å². The zero-order valence-electron chi connectivity index (χ0n) is 24.7. The maximum atomic E-state index is 3.59. The Kier molecular flexibility index (Phi) is 12.4. The van der Waals surface area contributed by atoms with Crippen molar-refractivity contribution in [3.8, 4) is 47.4 Å². The molecule has 0 amide bonds. The van der Waals surface area contributed by atoms with Crippen molar-refractivity contribution in [1.29, 1.82) is 0 Å². The van der Waals surface area contributed by atoms with Gasteiger partial charge in [-0.2, -0.15) is 0 Å². The average Bonchev–Trinajstić information content (AvgIpc) is 2.67. The van der Waals surface area contributed by atoms with Gasteiger partial charge in [0, 0.05) is 43.9 Å². The normalized spacial score (nSPS) is 11.4. The highest BCUT2D eigenvalue weighted by atomic mass is 79.9. The SMILES string of the molecule is CC(C)(C)C#Cc1c(C#CC(C)(C)C)c(C#CC(C)(C)C)c(C=C(Br)Br)c(C=C(Br)Br)c1C#CC(C)(C)C. The molecule has 0 aromatic heterocycles. The first-order chi connectivity index (χ1) is 17.0. The van der Waals surface area contributed by atoms with Crippen LogP contribution in [0.1, 0.15) is 116 Å². The lowest BCUT2D eigenvalue weighted by molar-refractivity contribution is 0.570. The van der Waals surface area contributed by atoms with E-state index >= 15 is 0 Å². The fourth-order valence-corrected chi connectivity index (χ4v) is 3.73. The summed E-state index contributed by atoms with van der Waals surface area (Å²) in [6, 6.07) is 0. The molecule has 0 N–H and O–H groups in total. The quantitative estimate of drug-likeness (QED) is 0.263. The van der Waals surface area contributed by atoms with Crippen LogP contribution >= 0.6 is 63.7 Å². The lowest BCUT2D eigenvalue weighted by Crippen LogP contribution is -2.08. The fourth-order valence-electron chi connectivity index (χ4n) is 2.82. The van der Waals surface area contributed by atoms with Crippen molar-refractivity contribution in [2.45, 2.75) is 83.1 Å². The summed E-state index contributed by atoms with van der Waals surface area (Å²) in [4.78, 5) is 0. The van der Waals surface area contributed by atoms with Gasteiger partial charge in [-0.1, -0.05) is 47.4 Å². The maximum Gasteiger partial charge on any atom is 0.0610 e. The smallest absolute Gasteiger partial charge is 0.0610 e. The summed E-state index contributed by atoms with van der Waals surface area (Å²) in [7, 11) is 0. The van der Waals surface area contributed by atoms with Crippen molar-refractivity contribution in [2.75, 3.05) is 0 Å². The van der Waals surface area contributed by atoms with Gasteiger partial charge in [0.25, 0.3) is 0 Å². The first-order valence-electron chi connectivity index (χ1n) is 12.4. The molecule has 4 heteroatoms. The molecule has 0 aliphatic heterocycles. The largest absolute Gasteiger partial charge is 0.0919 e. The Morgan fingerprint density at radius 3 is 0.816 bits per heavy atom. The monoisotopic (exact) mass is 762 g/mol. The Morgan fingerprint density at radius 1 is 0.421 bits per heavy atom. The van der Waals surface area contributed by atoms with Crippen LogP contribution in [-0.4, -0.2) is 0 Å². The van der Waals surface area contributed by atoms with Crippen LogP contribution in [0.2, 0.25) is 0 Å². The van der Waals surface area contributed by atoms with Crippen LogP contribution in [0.3, 0.4) is 0 Å². The second-order valence-corrected chi connectivity index (χ2v) is 18.7. The van der Waals surface area contributed by atoms with E-state index in [1.807, 2.05) is 12.2 Å². The third-order valence-electron chi connectivity index (χ3n) is 4.34. The van der Waals surface area contributed by atoms with E-state index in [2.05, 4.69) is 194 Å². The van der Waals surface area contributed by atoms with Crippen LogP contribution in [0.5, 0.6) is 0 Å². The van der Waals surface area contributed by atoms with Gasteiger partial charge in [-0.25, -0.2) is 0 Å². The zero-order chi connectivity index (χ0) is 29.7. The molecule has 0 aliphatic carbocycles. The molecule has 0 saturated carbocycles. The lowest BCUT2D eigenvalue weighted by Gasteiger charge is -2.18. The van der Waals surface area contributed by atoms with Gasteiger partial charge < -0.3 is 0 Å². The first-order valence-corrected chi connectivity index (χ1v) is 15.6. The van der Waals surface area contributed by atoms with Crippen molar-refractivity contribution < 1.29 is 0 Å². The second-order valence-electron chi connectivity index (χ2n) is 13.2. The molecule has 0 nitrogen and oxygen atoms in total. The summed E-state index contributed by atoms with van der Waals surface area (Å²) in [6.45, 7) is 25.3. The van der Waals surface area contributed by atoms with E-state index < -0.39 is 0 Å². The highest BCUT2D eigenvalue weighted by Gasteiger charge is 2.21. The average molecular weight is 766 g/mol. The summed E-state index contributed by atoms with van der Waals surface area (Å²) in [5, 5.41) is 0.